The van der Waals surface area contributed by atoms with Gasteiger partial charge in [0.2, 0.25) is 11.8 Å². The van der Waals surface area contributed by atoms with Gasteiger partial charge in [-0.25, -0.2) is 0 Å². The molecule has 1 aromatic carbocycles. The third kappa shape index (κ3) is 3.15. The summed E-state index contributed by atoms with van der Waals surface area (Å²) in [6, 6.07) is 9.39. The van der Waals surface area contributed by atoms with Crippen LogP contribution in [0.2, 0.25) is 0 Å². The molecule has 7 rings (SSSR count). The maximum Gasteiger partial charge on any atom is 0.309 e. The van der Waals surface area contributed by atoms with E-state index in [4.69, 9.17) is 0 Å². The molecule has 8 atom stereocenters. The summed E-state index contributed by atoms with van der Waals surface area (Å²) in [4.78, 5) is 42.0. The molecule has 187 valence electrons. The number of imide groups is 1. The molecule has 4 fully saturated rings. The second kappa shape index (κ2) is 8.54. The van der Waals surface area contributed by atoms with Crippen molar-refractivity contribution in [2.45, 2.75) is 66.2 Å². The van der Waals surface area contributed by atoms with E-state index in [1.54, 1.807) is 0 Å². The predicted octanol–water partition coefficient (Wildman–Crippen LogP) is 5.32. The Bertz CT molecular complexity index is 1150. The fourth-order valence-electron chi connectivity index (χ4n) is 9.79. The van der Waals surface area contributed by atoms with Crippen LogP contribution in [-0.4, -0.2) is 52.4 Å². The number of carbonyl (C=O) groups is 3. The van der Waals surface area contributed by atoms with E-state index >= 15 is 0 Å². The van der Waals surface area contributed by atoms with E-state index in [1.807, 2.05) is 37.3 Å². The summed E-state index contributed by atoms with van der Waals surface area (Å²) in [5.74, 6) is -0.668. The molecule has 1 radical (unpaired) electrons. The molecule has 6 heteroatoms. The van der Waals surface area contributed by atoms with Gasteiger partial charge in [-0.2, -0.15) is 0 Å². The van der Waals surface area contributed by atoms with Crippen molar-refractivity contribution in [1.29, 1.82) is 0 Å². The third-order valence-electron chi connectivity index (χ3n) is 11.2. The Balaban J connectivity index is 0.00000267. The molecule has 8 unspecified atom stereocenters. The molecule has 1 saturated heterocycles. The van der Waals surface area contributed by atoms with Crippen LogP contribution in [0.3, 0.4) is 0 Å². The normalized spacial score (nSPS) is 42.9. The number of carboxylic acids is 1. The summed E-state index contributed by atoms with van der Waals surface area (Å²) >= 11 is 0. The van der Waals surface area contributed by atoms with Gasteiger partial charge in [0.25, 0.3) is 0 Å². The van der Waals surface area contributed by atoms with Crippen molar-refractivity contribution in [2.24, 2.45) is 51.8 Å². The first-order valence-corrected chi connectivity index (χ1v) is 13.4. The Labute approximate surface area is 236 Å². The van der Waals surface area contributed by atoms with Crippen molar-refractivity contribution in [1.82, 2.24) is 0 Å². The SMILES string of the molecule is CC(C)C1=CC23CCC4C(C)(C(=O)O)CCCC4(C)C2CC1C1C(=O)N(c2ccccc2)C(=O)C13.[Na]. The van der Waals surface area contributed by atoms with Crippen molar-refractivity contribution in [3.05, 3.63) is 42.0 Å². The minimum absolute atomic E-state index is 0. The van der Waals surface area contributed by atoms with Crippen molar-refractivity contribution >= 4 is 53.0 Å². The first-order chi connectivity index (χ1) is 16.6. The molecular formula is C30H37NNaO4. The zero-order chi connectivity index (χ0) is 24.9. The van der Waals surface area contributed by atoms with Crippen LogP contribution in [0.15, 0.2) is 42.0 Å². The van der Waals surface area contributed by atoms with E-state index in [-0.39, 0.29) is 81.8 Å². The van der Waals surface area contributed by atoms with Gasteiger partial charge >= 0.3 is 5.97 Å². The summed E-state index contributed by atoms with van der Waals surface area (Å²) in [5.41, 5.74) is 0.789. The number of carbonyl (C=O) groups excluding carboxylic acids is 2. The van der Waals surface area contributed by atoms with Gasteiger partial charge in [-0.15, -0.1) is 0 Å². The molecule has 1 aromatic rings. The number of carboxylic acid groups (broad SMARTS) is 1. The van der Waals surface area contributed by atoms with E-state index in [1.165, 1.54) is 10.5 Å². The Hall–Kier alpha value is -1.43. The number of aliphatic carboxylic acids is 1. The molecule has 6 aliphatic rings. The molecule has 1 N–H and O–H groups in total. The predicted molar refractivity (Wildman–Crippen MR) is 139 cm³/mol. The number of fused-ring (bicyclic) bond motifs is 1. The standard InChI is InChI=1S/C30H37NO4.Na/c1-17(2)20-16-30-14-11-21-28(3,12-8-13-29(21,4)27(34)35)22(30)15-19(20)23-24(30)26(33)31(25(23)32)18-9-6-5-7-10-18;/h5-7,9-10,16-17,19,21-24H,8,11-15H2,1-4H3,(H,34,35);. The van der Waals surface area contributed by atoms with Gasteiger partial charge in [-0.05, 0) is 80.2 Å². The summed E-state index contributed by atoms with van der Waals surface area (Å²) in [5, 5.41) is 10.3. The Morgan fingerprint density at radius 2 is 1.72 bits per heavy atom. The molecule has 2 amide bonds. The zero-order valence-corrected chi connectivity index (χ0v) is 24.3. The van der Waals surface area contributed by atoms with Crippen LogP contribution in [0.5, 0.6) is 0 Å². The molecule has 5 nitrogen and oxygen atoms in total. The number of para-hydroxylation sites is 1. The minimum Gasteiger partial charge on any atom is -0.481 e. The van der Waals surface area contributed by atoms with Crippen molar-refractivity contribution in [2.75, 3.05) is 4.90 Å². The van der Waals surface area contributed by atoms with Crippen molar-refractivity contribution < 1.29 is 19.5 Å². The van der Waals surface area contributed by atoms with Gasteiger partial charge in [0, 0.05) is 35.0 Å². The largest absolute Gasteiger partial charge is 0.481 e. The Morgan fingerprint density at radius 1 is 1.03 bits per heavy atom. The molecule has 3 saturated carbocycles. The van der Waals surface area contributed by atoms with E-state index in [9.17, 15) is 19.5 Å². The molecule has 1 aliphatic heterocycles. The Kier molecular flexibility index (Phi) is 6.21. The average Bonchev–Trinajstić information content (AvgIpc) is 3.11. The van der Waals surface area contributed by atoms with Crippen LogP contribution in [0.4, 0.5) is 5.69 Å². The van der Waals surface area contributed by atoms with Crippen molar-refractivity contribution in [3.63, 3.8) is 0 Å². The molecule has 5 aliphatic carbocycles. The molecule has 1 heterocycles. The van der Waals surface area contributed by atoms with Crippen LogP contribution in [0.25, 0.3) is 0 Å². The number of allylic oxidation sites excluding steroid dienone is 2. The maximum absolute atomic E-state index is 14.1. The first kappa shape index (κ1) is 26.2. The van der Waals surface area contributed by atoms with Gasteiger partial charge < -0.3 is 5.11 Å². The van der Waals surface area contributed by atoms with Gasteiger partial charge in [0.1, 0.15) is 0 Å². The fourth-order valence-corrected chi connectivity index (χ4v) is 9.79. The van der Waals surface area contributed by atoms with Gasteiger partial charge in [0.15, 0.2) is 0 Å². The van der Waals surface area contributed by atoms with Crippen LogP contribution >= 0.6 is 0 Å². The number of hydrogen-bond donors (Lipinski definition) is 1. The fraction of sp³-hybridized carbons (Fsp3) is 0.633. The number of amides is 2. The average molecular weight is 499 g/mol. The molecule has 36 heavy (non-hydrogen) atoms. The van der Waals surface area contributed by atoms with Crippen molar-refractivity contribution in [3.8, 4) is 0 Å². The number of hydrogen-bond acceptors (Lipinski definition) is 3. The molecular weight excluding hydrogens is 461 g/mol. The maximum atomic E-state index is 14.1. The van der Waals surface area contributed by atoms with Crippen LogP contribution in [0, 0.1) is 51.8 Å². The van der Waals surface area contributed by atoms with E-state index < -0.39 is 11.4 Å². The number of rotatable bonds is 3. The molecule has 1 spiro atoms. The summed E-state index contributed by atoms with van der Waals surface area (Å²) in [7, 11) is 0. The second-order valence-electron chi connectivity index (χ2n) is 12.8. The number of benzene rings is 1. The number of nitrogens with zero attached hydrogens (tertiary/aromatic N) is 1. The monoisotopic (exact) mass is 498 g/mol. The smallest absolute Gasteiger partial charge is 0.309 e. The van der Waals surface area contributed by atoms with Crippen LogP contribution < -0.4 is 4.90 Å². The van der Waals surface area contributed by atoms with Gasteiger partial charge in [-0.1, -0.05) is 57.0 Å². The summed E-state index contributed by atoms with van der Waals surface area (Å²) < 4.78 is 0. The number of anilines is 1. The topological polar surface area (TPSA) is 74.7 Å². The second-order valence-corrected chi connectivity index (χ2v) is 12.8. The van der Waals surface area contributed by atoms with E-state index in [0.29, 0.717) is 11.6 Å². The third-order valence-corrected chi connectivity index (χ3v) is 11.2. The first-order valence-electron chi connectivity index (χ1n) is 13.4. The Morgan fingerprint density at radius 3 is 2.36 bits per heavy atom. The van der Waals surface area contributed by atoms with Gasteiger partial charge in [-0.3, -0.25) is 19.3 Å². The zero-order valence-electron chi connectivity index (χ0n) is 22.3. The quantitative estimate of drug-likeness (QED) is 0.348. The summed E-state index contributed by atoms with van der Waals surface area (Å²) in [6.07, 6.45) is 7.58. The molecule has 0 aromatic heterocycles. The van der Waals surface area contributed by atoms with Crippen LogP contribution in [0.1, 0.15) is 66.2 Å². The molecule has 2 bridgehead atoms. The van der Waals surface area contributed by atoms with E-state index in [0.717, 1.165) is 38.5 Å². The van der Waals surface area contributed by atoms with Gasteiger partial charge in [0.05, 0.1) is 22.9 Å². The minimum atomic E-state index is -0.721. The van der Waals surface area contributed by atoms with E-state index in [2.05, 4.69) is 26.8 Å². The van der Waals surface area contributed by atoms with Crippen LogP contribution in [-0.2, 0) is 14.4 Å². The summed E-state index contributed by atoms with van der Waals surface area (Å²) in [6.45, 7) is 8.69.